The number of aryl methyl sites for hydroxylation is 1. The molecule has 33 heavy (non-hydrogen) atoms. The molecule has 2 amide bonds. The molecule has 2 aromatic rings. The molecule has 4 fully saturated rings. The number of benzene rings is 1. The lowest BCUT2D eigenvalue weighted by Crippen LogP contribution is -2.57. The molecule has 1 saturated carbocycles. The second-order valence-electron chi connectivity index (χ2n) is 9.93. The zero-order valence-corrected chi connectivity index (χ0v) is 21.0. The van der Waals surface area contributed by atoms with Crippen molar-refractivity contribution in [2.45, 2.75) is 69.9 Å². The second kappa shape index (κ2) is 10.1. The molecule has 1 aromatic carbocycles. The highest BCUT2D eigenvalue weighted by atomic mass is 79.9. The molecule has 3 aliphatic heterocycles. The van der Waals surface area contributed by atoms with Crippen LogP contribution in [0.4, 0.5) is 4.79 Å². The van der Waals surface area contributed by atoms with E-state index in [1.165, 1.54) is 25.7 Å². The first kappa shape index (κ1) is 22.8. The van der Waals surface area contributed by atoms with Gasteiger partial charge in [0.1, 0.15) is 5.82 Å². The van der Waals surface area contributed by atoms with Crippen LogP contribution in [0.5, 0.6) is 0 Å². The number of urea groups is 1. The number of rotatable bonds is 5. The van der Waals surface area contributed by atoms with Crippen LogP contribution in [0.25, 0.3) is 11.3 Å². The molecule has 4 atom stereocenters. The van der Waals surface area contributed by atoms with Gasteiger partial charge in [-0.1, -0.05) is 53.4 Å². The summed E-state index contributed by atoms with van der Waals surface area (Å²) in [5.41, 5.74) is 3.25. The van der Waals surface area contributed by atoms with Gasteiger partial charge in [0.15, 0.2) is 0 Å². The van der Waals surface area contributed by atoms with E-state index in [1.54, 1.807) is 0 Å². The zero-order chi connectivity index (χ0) is 22.8. The number of halogens is 1. The highest BCUT2D eigenvalue weighted by Gasteiger charge is 2.41. The summed E-state index contributed by atoms with van der Waals surface area (Å²) in [6.07, 6.45) is 8.31. The van der Waals surface area contributed by atoms with Crippen molar-refractivity contribution in [3.63, 3.8) is 0 Å². The van der Waals surface area contributed by atoms with Gasteiger partial charge in [-0.2, -0.15) is 0 Å². The van der Waals surface area contributed by atoms with E-state index in [1.807, 2.05) is 19.1 Å². The molecule has 1 unspecified atom stereocenters. The van der Waals surface area contributed by atoms with E-state index >= 15 is 0 Å². The Labute approximate surface area is 205 Å². The van der Waals surface area contributed by atoms with Gasteiger partial charge in [-0.3, -0.25) is 4.90 Å². The Hall–Kier alpha value is -1.99. The predicted molar refractivity (Wildman–Crippen MR) is 134 cm³/mol. The lowest BCUT2D eigenvalue weighted by atomic mass is 9.74. The third kappa shape index (κ3) is 5.24. The second-order valence-corrected chi connectivity index (χ2v) is 10.8. The van der Waals surface area contributed by atoms with Gasteiger partial charge < -0.3 is 10.6 Å². The zero-order valence-electron chi connectivity index (χ0n) is 19.4. The topological polar surface area (TPSA) is 70.2 Å². The van der Waals surface area contributed by atoms with Gasteiger partial charge in [-0.15, -0.1) is 0 Å². The minimum Gasteiger partial charge on any atom is -0.337 e. The van der Waals surface area contributed by atoms with Crippen molar-refractivity contribution >= 4 is 22.0 Å². The standard InChI is InChI=1S/C26H34BrN5O/c1-17-29-24(21-9-5-6-10-23(21)27)14-25(30-17)22-16-32-12-11-18(22)13-20(32)15-28-26(33)31-19-7-3-2-4-8-19/h5-6,9-10,14,18-20,22H,2-4,7-8,11-13,15-16H2,1H3,(H2,28,31,33)/t18-,20+,22+/m0/s1. The molecule has 1 aromatic heterocycles. The minimum absolute atomic E-state index is 0.00519. The van der Waals surface area contributed by atoms with Gasteiger partial charge in [0, 0.05) is 46.8 Å². The van der Waals surface area contributed by atoms with Crippen molar-refractivity contribution in [2.24, 2.45) is 5.92 Å². The minimum atomic E-state index is 0.00519. The first-order valence-electron chi connectivity index (χ1n) is 12.5. The summed E-state index contributed by atoms with van der Waals surface area (Å²) in [5.74, 6) is 1.85. The number of fused-ring (bicyclic) bond motifs is 3. The largest absolute Gasteiger partial charge is 0.337 e. The number of carbonyl (C=O) groups is 1. The molecular formula is C26H34BrN5O. The normalized spacial score (nSPS) is 27.3. The van der Waals surface area contributed by atoms with Crippen LogP contribution in [0.15, 0.2) is 34.8 Å². The molecule has 4 heterocycles. The molecule has 2 N–H and O–H groups in total. The number of amides is 2. The molecule has 176 valence electrons. The van der Waals surface area contributed by atoms with E-state index < -0.39 is 0 Å². The molecule has 3 saturated heterocycles. The smallest absolute Gasteiger partial charge is 0.315 e. The Morgan fingerprint density at radius 3 is 2.73 bits per heavy atom. The van der Waals surface area contributed by atoms with Crippen molar-refractivity contribution in [1.29, 1.82) is 0 Å². The number of piperidine rings is 3. The average Bonchev–Trinajstić information content (AvgIpc) is 2.83. The summed E-state index contributed by atoms with van der Waals surface area (Å²) in [5, 5.41) is 6.34. The fourth-order valence-electron chi connectivity index (χ4n) is 5.97. The first-order chi connectivity index (χ1) is 16.1. The van der Waals surface area contributed by atoms with E-state index in [2.05, 4.69) is 49.7 Å². The SMILES string of the molecule is Cc1nc(-c2ccccc2Br)cc([C@@H]2CN3CC[C@H]2C[C@@H]3CNC(=O)NC2CCCCC2)n1. The molecule has 7 heteroatoms. The van der Waals surface area contributed by atoms with E-state index in [4.69, 9.17) is 9.97 Å². The number of hydrogen-bond donors (Lipinski definition) is 2. The fourth-order valence-corrected chi connectivity index (χ4v) is 6.45. The van der Waals surface area contributed by atoms with Crippen molar-refractivity contribution in [1.82, 2.24) is 25.5 Å². The molecule has 6 rings (SSSR count). The maximum absolute atomic E-state index is 12.4. The first-order valence-corrected chi connectivity index (χ1v) is 13.2. The van der Waals surface area contributed by atoms with Gasteiger partial charge in [0.2, 0.25) is 0 Å². The summed E-state index contributed by atoms with van der Waals surface area (Å²) < 4.78 is 1.06. The number of nitrogens with one attached hydrogen (secondary N) is 2. The Bertz CT molecular complexity index is 992. The summed E-state index contributed by atoms with van der Waals surface area (Å²) in [6.45, 7) is 4.83. The van der Waals surface area contributed by atoms with Crippen LogP contribution in [-0.4, -0.2) is 52.6 Å². The monoisotopic (exact) mass is 511 g/mol. The average molecular weight is 512 g/mol. The molecule has 0 spiro atoms. The third-order valence-corrected chi connectivity index (χ3v) is 8.40. The fraction of sp³-hybridized carbons (Fsp3) is 0.577. The number of nitrogens with zero attached hydrogens (tertiary/aromatic N) is 3. The summed E-state index contributed by atoms with van der Waals surface area (Å²) >= 11 is 3.67. The molecule has 2 bridgehead atoms. The van der Waals surface area contributed by atoms with Crippen LogP contribution in [0, 0.1) is 12.8 Å². The molecule has 1 aliphatic carbocycles. The van der Waals surface area contributed by atoms with Gasteiger partial charge in [-0.05, 0) is 57.2 Å². The van der Waals surface area contributed by atoms with E-state index in [9.17, 15) is 4.79 Å². The van der Waals surface area contributed by atoms with Crippen LogP contribution in [0.3, 0.4) is 0 Å². The van der Waals surface area contributed by atoms with E-state index in [-0.39, 0.29) is 6.03 Å². The van der Waals surface area contributed by atoms with Crippen LogP contribution in [0.2, 0.25) is 0 Å². The molecule has 4 aliphatic rings. The molecule has 6 nitrogen and oxygen atoms in total. The van der Waals surface area contributed by atoms with Gasteiger partial charge >= 0.3 is 6.03 Å². The number of aromatic nitrogens is 2. The summed E-state index contributed by atoms with van der Waals surface area (Å²) in [6, 6.07) is 11.2. The van der Waals surface area contributed by atoms with Crippen LogP contribution >= 0.6 is 15.9 Å². The Morgan fingerprint density at radius 2 is 1.97 bits per heavy atom. The predicted octanol–water partition coefficient (Wildman–Crippen LogP) is 5.02. The van der Waals surface area contributed by atoms with Gasteiger partial charge in [0.05, 0.1) is 5.69 Å². The van der Waals surface area contributed by atoms with Crippen LogP contribution in [-0.2, 0) is 0 Å². The quantitative estimate of drug-likeness (QED) is 0.590. The van der Waals surface area contributed by atoms with Crippen molar-refractivity contribution in [3.8, 4) is 11.3 Å². The van der Waals surface area contributed by atoms with Crippen molar-refractivity contribution < 1.29 is 4.79 Å². The highest BCUT2D eigenvalue weighted by Crippen LogP contribution is 2.42. The Balaban J connectivity index is 1.23. The summed E-state index contributed by atoms with van der Waals surface area (Å²) in [7, 11) is 0. The van der Waals surface area contributed by atoms with Gasteiger partial charge in [0.25, 0.3) is 0 Å². The Morgan fingerprint density at radius 1 is 1.15 bits per heavy atom. The highest BCUT2D eigenvalue weighted by molar-refractivity contribution is 9.10. The van der Waals surface area contributed by atoms with E-state index in [0.29, 0.717) is 23.9 Å². The number of carbonyl (C=O) groups excluding carboxylic acids is 1. The lowest BCUT2D eigenvalue weighted by Gasteiger charge is -2.49. The number of hydrogen-bond acceptors (Lipinski definition) is 4. The lowest BCUT2D eigenvalue weighted by molar-refractivity contribution is 0.0304. The Kier molecular flexibility index (Phi) is 6.97. The molecular weight excluding hydrogens is 478 g/mol. The van der Waals surface area contributed by atoms with Crippen molar-refractivity contribution in [2.75, 3.05) is 19.6 Å². The van der Waals surface area contributed by atoms with E-state index in [0.717, 1.165) is 66.1 Å². The summed E-state index contributed by atoms with van der Waals surface area (Å²) in [4.78, 5) is 24.6. The third-order valence-electron chi connectivity index (χ3n) is 7.70. The van der Waals surface area contributed by atoms with Gasteiger partial charge in [-0.25, -0.2) is 14.8 Å². The molecule has 0 radical (unpaired) electrons. The maximum atomic E-state index is 12.4. The van der Waals surface area contributed by atoms with Crippen molar-refractivity contribution in [3.05, 3.63) is 46.3 Å². The van der Waals surface area contributed by atoms with Crippen LogP contribution in [0.1, 0.15) is 62.4 Å². The van der Waals surface area contributed by atoms with Crippen LogP contribution < -0.4 is 10.6 Å². The maximum Gasteiger partial charge on any atom is 0.315 e.